The summed E-state index contributed by atoms with van der Waals surface area (Å²) in [5.41, 5.74) is 0.849. The van der Waals surface area contributed by atoms with Gasteiger partial charge in [0, 0.05) is 31.6 Å². The number of rotatable bonds is 5. The van der Waals surface area contributed by atoms with Gasteiger partial charge in [0.15, 0.2) is 5.11 Å². The lowest BCUT2D eigenvalue weighted by molar-refractivity contribution is -0.124. The van der Waals surface area contributed by atoms with Crippen LogP contribution >= 0.6 is 12.2 Å². The van der Waals surface area contributed by atoms with Gasteiger partial charge in [-0.15, -0.1) is 0 Å². The zero-order valence-corrected chi connectivity index (χ0v) is 15.3. The van der Waals surface area contributed by atoms with Crippen molar-refractivity contribution in [3.63, 3.8) is 0 Å². The van der Waals surface area contributed by atoms with Crippen LogP contribution in [0.2, 0.25) is 0 Å². The first kappa shape index (κ1) is 18.6. The van der Waals surface area contributed by atoms with Crippen molar-refractivity contribution < 1.29 is 9.18 Å². The number of amides is 1. The summed E-state index contributed by atoms with van der Waals surface area (Å²) in [4.78, 5) is 14.6. The molecule has 0 aromatic heterocycles. The Labute approximate surface area is 148 Å². The van der Waals surface area contributed by atoms with Gasteiger partial charge >= 0.3 is 0 Å². The van der Waals surface area contributed by atoms with Crippen molar-refractivity contribution in [2.75, 3.05) is 19.6 Å². The number of benzene rings is 1. The summed E-state index contributed by atoms with van der Waals surface area (Å²) in [6.45, 7) is 7.89. The second-order valence-corrected chi connectivity index (χ2v) is 6.95. The summed E-state index contributed by atoms with van der Waals surface area (Å²) in [7, 11) is 0. The predicted octanol–water partition coefficient (Wildman–Crippen LogP) is 2.65. The molecule has 0 bridgehead atoms. The summed E-state index contributed by atoms with van der Waals surface area (Å²) < 4.78 is 13.6. The minimum Gasteiger partial charge on any atom is -0.360 e. The maximum atomic E-state index is 13.6. The van der Waals surface area contributed by atoms with Crippen molar-refractivity contribution in [1.29, 1.82) is 0 Å². The molecule has 2 atom stereocenters. The summed E-state index contributed by atoms with van der Waals surface area (Å²) >= 11 is 5.45. The summed E-state index contributed by atoms with van der Waals surface area (Å²) in [6, 6.07) is 6.76. The monoisotopic (exact) mass is 351 g/mol. The fourth-order valence-electron chi connectivity index (χ4n) is 3.03. The summed E-state index contributed by atoms with van der Waals surface area (Å²) in [5, 5.41) is 6.84. The van der Waals surface area contributed by atoms with Crippen LogP contribution in [0.3, 0.4) is 0 Å². The SMILES string of the molecule is CCCNC(=O)[C@H]1CN(C(=S)NC(C)C)C[C@@H]1c1cccc(F)c1. The molecule has 0 spiro atoms. The van der Waals surface area contributed by atoms with Crippen molar-refractivity contribution in [3.05, 3.63) is 35.6 Å². The maximum Gasteiger partial charge on any atom is 0.225 e. The van der Waals surface area contributed by atoms with E-state index in [1.165, 1.54) is 12.1 Å². The van der Waals surface area contributed by atoms with E-state index in [1.54, 1.807) is 6.07 Å². The van der Waals surface area contributed by atoms with Crippen molar-refractivity contribution in [1.82, 2.24) is 15.5 Å². The van der Waals surface area contributed by atoms with Crippen LogP contribution in [0.25, 0.3) is 0 Å². The van der Waals surface area contributed by atoms with Gasteiger partial charge in [0.2, 0.25) is 5.91 Å². The number of carbonyl (C=O) groups excluding carboxylic acids is 1. The largest absolute Gasteiger partial charge is 0.360 e. The third kappa shape index (κ3) is 4.66. The number of carbonyl (C=O) groups is 1. The standard InChI is InChI=1S/C18H26FN3OS/c1-4-8-20-17(23)16-11-22(18(24)21-12(2)3)10-15(16)13-6-5-7-14(19)9-13/h5-7,9,12,15-16H,4,8,10-11H2,1-3H3,(H,20,23)(H,21,24)/t15-,16+/m1/s1. The Bertz CT molecular complexity index is 593. The lowest BCUT2D eigenvalue weighted by Gasteiger charge is -2.22. The van der Waals surface area contributed by atoms with Crippen molar-refractivity contribution in [2.24, 2.45) is 5.92 Å². The first-order chi connectivity index (χ1) is 11.4. The molecule has 6 heteroatoms. The normalized spacial score (nSPS) is 20.3. The number of halogens is 1. The molecule has 1 fully saturated rings. The predicted molar refractivity (Wildman–Crippen MR) is 98.4 cm³/mol. The highest BCUT2D eigenvalue weighted by Crippen LogP contribution is 2.33. The third-order valence-electron chi connectivity index (χ3n) is 4.18. The van der Waals surface area contributed by atoms with Crippen LogP contribution in [0, 0.1) is 11.7 Å². The van der Waals surface area contributed by atoms with Crippen molar-refractivity contribution in [2.45, 2.75) is 39.2 Å². The van der Waals surface area contributed by atoms with Gasteiger partial charge in [-0.05, 0) is 50.2 Å². The Hall–Kier alpha value is -1.69. The fourth-order valence-corrected chi connectivity index (χ4v) is 3.41. The van der Waals surface area contributed by atoms with Gasteiger partial charge < -0.3 is 15.5 Å². The molecule has 0 unspecified atom stereocenters. The van der Waals surface area contributed by atoms with Crippen LogP contribution in [0.5, 0.6) is 0 Å². The highest BCUT2D eigenvalue weighted by molar-refractivity contribution is 7.80. The molecule has 2 N–H and O–H groups in total. The fraction of sp³-hybridized carbons (Fsp3) is 0.556. The molecule has 1 aliphatic rings. The van der Waals surface area contributed by atoms with Crippen LogP contribution in [0.15, 0.2) is 24.3 Å². The molecule has 0 radical (unpaired) electrons. The molecule has 1 aromatic rings. The number of nitrogens with one attached hydrogen (secondary N) is 2. The smallest absolute Gasteiger partial charge is 0.225 e. The lowest BCUT2D eigenvalue weighted by Crippen LogP contribution is -2.42. The van der Waals surface area contributed by atoms with Gasteiger partial charge in [0.25, 0.3) is 0 Å². The molecule has 132 valence electrons. The Morgan fingerprint density at radius 3 is 2.79 bits per heavy atom. The van der Waals surface area contributed by atoms with Gasteiger partial charge in [0.1, 0.15) is 5.82 Å². The molecule has 24 heavy (non-hydrogen) atoms. The molecule has 4 nitrogen and oxygen atoms in total. The van der Waals surface area contributed by atoms with Crippen molar-refractivity contribution >= 4 is 23.2 Å². The maximum absolute atomic E-state index is 13.6. The average Bonchev–Trinajstić information content (AvgIpc) is 2.97. The van der Waals surface area contributed by atoms with Crippen LogP contribution < -0.4 is 10.6 Å². The number of hydrogen-bond donors (Lipinski definition) is 2. The van der Waals surface area contributed by atoms with E-state index in [9.17, 15) is 9.18 Å². The first-order valence-corrected chi connectivity index (χ1v) is 8.91. The molecule has 0 aliphatic carbocycles. The zero-order valence-electron chi connectivity index (χ0n) is 14.5. The van der Waals surface area contributed by atoms with Crippen LogP contribution in [0.1, 0.15) is 38.7 Å². The molecule has 1 amide bonds. The number of hydrogen-bond acceptors (Lipinski definition) is 2. The molecule has 1 saturated heterocycles. The van der Waals surface area contributed by atoms with E-state index in [4.69, 9.17) is 12.2 Å². The van der Waals surface area contributed by atoms with Crippen LogP contribution in [-0.2, 0) is 4.79 Å². The Morgan fingerprint density at radius 1 is 1.42 bits per heavy atom. The number of likely N-dealkylation sites (tertiary alicyclic amines) is 1. The number of nitrogens with zero attached hydrogens (tertiary/aromatic N) is 1. The lowest BCUT2D eigenvalue weighted by atomic mass is 9.88. The molecule has 1 aliphatic heterocycles. The second-order valence-electron chi connectivity index (χ2n) is 6.57. The van der Waals surface area contributed by atoms with E-state index in [1.807, 2.05) is 31.7 Å². The molecule has 1 aromatic carbocycles. The van der Waals surface area contributed by atoms with Gasteiger partial charge in [-0.3, -0.25) is 4.79 Å². The van der Waals surface area contributed by atoms with E-state index in [-0.39, 0.29) is 29.6 Å². The topological polar surface area (TPSA) is 44.4 Å². The third-order valence-corrected chi connectivity index (χ3v) is 4.56. The Morgan fingerprint density at radius 2 is 2.17 bits per heavy atom. The molecule has 1 heterocycles. The summed E-state index contributed by atoms with van der Waals surface area (Å²) in [5.74, 6) is -0.558. The zero-order chi connectivity index (χ0) is 17.7. The van der Waals surface area contributed by atoms with Gasteiger partial charge in [-0.2, -0.15) is 0 Å². The van der Waals surface area contributed by atoms with Gasteiger partial charge in [-0.25, -0.2) is 4.39 Å². The minimum atomic E-state index is -0.276. The molecular formula is C18H26FN3OS. The van der Waals surface area contributed by atoms with E-state index in [0.29, 0.717) is 24.7 Å². The number of thiocarbonyl (C=S) groups is 1. The summed E-state index contributed by atoms with van der Waals surface area (Å²) in [6.07, 6.45) is 0.889. The quantitative estimate of drug-likeness (QED) is 0.801. The molecule has 2 rings (SSSR count). The minimum absolute atomic E-state index is 0.0148. The van der Waals surface area contributed by atoms with E-state index in [2.05, 4.69) is 10.6 Å². The highest BCUT2D eigenvalue weighted by Gasteiger charge is 2.39. The molecule has 0 saturated carbocycles. The highest BCUT2D eigenvalue weighted by atomic mass is 32.1. The molecular weight excluding hydrogens is 325 g/mol. The van der Waals surface area contributed by atoms with E-state index >= 15 is 0 Å². The van der Waals surface area contributed by atoms with Crippen LogP contribution in [-0.4, -0.2) is 41.6 Å². The Kier molecular flexibility index (Phi) is 6.54. The van der Waals surface area contributed by atoms with Gasteiger partial charge in [-0.1, -0.05) is 19.1 Å². The second kappa shape index (κ2) is 8.42. The first-order valence-electron chi connectivity index (χ1n) is 8.51. The van der Waals surface area contributed by atoms with Crippen molar-refractivity contribution in [3.8, 4) is 0 Å². The van der Waals surface area contributed by atoms with E-state index < -0.39 is 0 Å². The average molecular weight is 351 g/mol. The Balaban J connectivity index is 2.20. The van der Waals surface area contributed by atoms with E-state index in [0.717, 1.165) is 12.0 Å². The van der Waals surface area contributed by atoms with Crippen LogP contribution in [0.4, 0.5) is 4.39 Å². The van der Waals surface area contributed by atoms with Gasteiger partial charge in [0.05, 0.1) is 5.92 Å².